The minimum Gasteiger partial charge on any atom is -0.314 e. The second-order valence-corrected chi connectivity index (χ2v) is 4.73. The van der Waals surface area contributed by atoms with Crippen molar-refractivity contribution in [1.82, 2.24) is 9.55 Å². The van der Waals surface area contributed by atoms with Gasteiger partial charge in [-0.1, -0.05) is 78.2 Å². The van der Waals surface area contributed by atoms with Crippen LogP contribution in [0.5, 0.6) is 0 Å². The van der Waals surface area contributed by atoms with E-state index in [4.69, 9.17) is 0 Å². The molecule has 0 aliphatic rings. The number of benzene rings is 2. The van der Waals surface area contributed by atoms with Gasteiger partial charge >= 0.3 is 0 Å². The van der Waals surface area contributed by atoms with Crippen molar-refractivity contribution >= 4 is 23.8 Å². The van der Waals surface area contributed by atoms with Gasteiger partial charge in [-0.25, -0.2) is 4.98 Å². The Morgan fingerprint density at radius 1 is 0.864 bits per heavy atom. The van der Waals surface area contributed by atoms with E-state index in [1.165, 1.54) is 10.9 Å². The van der Waals surface area contributed by atoms with E-state index in [-0.39, 0.29) is 0 Å². The number of hydrogen-bond donors (Lipinski definition) is 0. The third-order valence-corrected chi connectivity index (χ3v) is 3.29. The highest BCUT2D eigenvalue weighted by molar-refractivity contribution is 6.89. The molecule has 0 bridgehead atoms. The molecule has 3 heteroatoms. The fourth-order valence-corrected chi connectivity index (χ4v) is 2.16. The molecule has 1 aromatic heterocycles. The van der Waals surface area contributed by atoms with Gasteiger partial charge < -0.3 is 4.57 Å². The molecular weight excluding hydrogens is 267 g/mol. The Labute approximate surface area is 132 Å². The van der Waals surface area contributed by atoms with Crippen molar-refractivity contribution in [3.63, 3.8) is 0 Å². The van der Waals surface area contributed by atoms with Gasteiger partial charge in [0, 0.05) is 18.6 Å². The third-order valence-electron chi connectivity index (χ3n) is 3.29. The normalized spacial score (nSPS) is 9.27. The number of aromatic nitrogens is 2. The molecule has 0 fully saturated rings. The van der Waals surface area contributed by atoms with Crippen molar-refractivity contribution in [3.8, 4) is 0 Å². The molecule has 0 saturated carbocycles. The van der Waals surface area contributed by atoms with Crippen molar-refractivity contribution in [2.75, 3.05) is 0 Å². The van der Waals surface area contributed by atoms with Gasteiger partial charge in [0.2, 0.25) is 6.71 Å². The number of hydrogen-bond acceptors (Lipinski definition) is 1. The number of nitrogens with zero attached hydrogens (tertiary/aromatic N) is 2. The molecule has 0 radical (unpaired) electrons. The van der Waals surface area contributed by atoms with E-state index in [2.05, 4.69) is 66.7 Å². The topological polar surface area (TPSA) is 17.8 Å². The van der Waals surface area contributed by atoms with Crippen LogP contribution in [-0.2, 0) is 0 Å². The van der Waals surface area contributed by atoms with Crippen LogP contribution in [0.25, 0.3) is 6.20 Å². The average molecular weight is 286 g/mol. The molecular formula is C19H19BN2. The summed E-state index contributed by atoms with van der Waals surface area (Å²) in [6, 6.07) is 20.9. The van der Waals surface area contributed by atoms with Gasteiger partial charge in [-0.15, -0.1) is 12.6 Å². The molecule has 22 heavy (non-hydrogen) atoms. The van der Waals surface area contributed by atoms with E-state index < -0.39 is 0 Å². The van der Waals surface area contributed by atoms with E-state index in [0.717, 1.165) is 0 Å². The van der Waals surface area contributed by atoms with E-state index in [0.29, 0.717) is 6.71 Å². The SMILES string of the molecule is C=CB(c1ccccc1)c1ccccc1.C=Cn1ccnc1. The molecule has 0 aliphatic heterocycles. The fraction of sp³-hybridized carbons (Fsp3) is 0. The van der Waals surface area contributed by atoms with E-state index in [9.17, 15) is 0 Å². The Hall–Kier alpha value is -2.81. The standard InChI is InChI=1S/C14H13B.C5H6N2/c1-2-15(13-9-5-3-6-10-13)14-11-7-4-8-12-14;1-2-7-4-3-6-5-7/h2-12H,1H2;2-5H,1H2. The zero-order valence-electron chi connectivity index (χ0n) is 12.5. The van der Waals surface area contributed by atoms with Gasteiger partial charge in [-0.05, 0) is 0 Å². The van der Waals surface area contributed by atoms with Gasteiger partial charge in [-0.3, -0.25) is 0 Å². The van der Waals surface area contributed by atoms with Gasteiger partial charge in [0.1, 0.15) is 0 Å². The van der Waals surface area contributed by atoms with Crippen LogP contribution in [0.15, 0.2) is 98.5 Å². The lowest BCUT2D eigenvalue weighted by Gasteiger charge is -2.09. The lowest BCUT2D eigenvalue weighted by Crippen LogP contribution is -2.40. The summed E-state index contributed by atoms with van der Waals surface area (Å²) in [5.74, 6) is 1.99. The van der Waals surface area contributed by atoms with Crippen LogP contribution in [0.2, 0.25) is 0 Å². The smallest absolute Gasteiger partial charge is 0.233 e. The van der Waals surface area contributed by atoms with Crippen LogP contribution in [0, 0.1) is 0 Å². The number of imidazole rings is 1. The fourth-order valence-electron chi connectivity index (χ4n) is 2.16. The number of rotatable bonds is 4. The molecule has 0 saturated heterocycles. The minimum atomic E-state index is 0.299. The first-order valence-corrected chi connectivity index (χ1v) is 7.17. The molecule has 3 rings (SSSR count). The molecule has 2 nitrogen and oxygen atoms in total. The predicted octanol–water partition coefficient (Wildman–Crippen LogP) is 3.00. The summed E-state index contributed by atoms with van der Waals surface area (Å²) in [5.41, 5.74) is 2.58. The monoisotopic (exact) mass is 286 g/mol. The summed E-state index contributed by atoms with van der Waals surface area (Å²) in [5, 5.41) is 0. The van der Waals surface area contributed by atoms with Gasteiger partial charge in [0.15, 0.2) is 0 Å². The first-order valence-electron chi connectivity index (χ1n) is 7.17. The highest BCUT2D eigenvalue weighted by atomic mass is 15.0. The van der Waals surface area contributed by atoms with Gasteiger partial charge in [0.25, 0.3) is 0 Å². The summed E-state index contributed by atoms with van der Waals surface area (Å²) >= 11 is 0. The van der Waals surface area contributed by atoms with E-state index >= 15 is 0 Å². The third kappa shape index (κ3) is 4.35. The molecule has 1 heterocycles. The largest absolute Gasteiger partial charge is 0.314 e. The van der Waals surface area contributed by atoms with Crippen LogP contribution in [0.1, 0.15) is 0 Å². The van der Waals surface area contributed by atoms with Crippen molar-refractivity contribution < 1.29 is 0 Å². The Kier molecular flexibility index (Phi) is 6.00. The van der Waals surface area contributed by atoms with Gasteiger partial charge in [-0.2, -0.15) is 0 Å². The predicted molar refractivity (Wildman–Crippen MR) is 96.7 cm³/mol. The second kappa shape index (κ2) is 8.47. The molecule has 0 unspecified atom stereocenters. The van der Waals surface area contributed by atoms with Crippen molar-refractivity contribution in [2.24, 2.45) is 0 Å². The van der Waals surface area contributed by atoms with Crippen LogP contribution in [-0.4, -0.2) is 16.3 Å². The zero-order chi connectivity index (χ0) is 15.6. The van der Waals surface area contributed by atoms with Crippen LogP contribution < -0.4 is 10.9 Å². The maximum atomic E-state index is 3.91. The molecule has 0 atom stereocenters. The van der Waals surface area contributed by atoms with E-state index in [1.54, 1.807) is 23.3 Å². The summed E-state index contributed by atoms with van der Waals surface area (Å²) in [4.78, 5) is 3.78. The molecule has 0 N–H and O–H groups in total. The minimum absolute atomic E-state index is 0.299. The van der Waals surface area contributed by atoms with Crippen LogP contribution in [0.4, 0.5) is 0 Å². The summed E-state index contributed by atoms with van der Waals surface area (Å²) in [6.45, 7) is 7.74. The Balaban J connectivity index is 0.000000211. The lowest BCUT2D eigenvalue weighted by molar-refractivity contribution is 1.14. The maximum absolute atomic E-state index is 3.91. The summed E-state index contributed by atoms with van der Waals surface area (Å²) < 4.78 is 1.78. The molecule has 0 spiro atoms. The Morgan fingerprint density at radius 2 is 1.41 bits per heavy atom. The quantitative estimate of drug-likeness (QED) is 0.674. The van der Waals surface area contributed by atoms with Crippen LogP contribution >= 0.6 is 0 Å². The highest BCUT2D eigenvalue weighted by Crippen LogP contribution is 1.93. The van der Waals surface area contributed by atoms with Gasteiger partial charge in [0.05, 0.1) is 6.33 Å². The highest BCUT2D eigenvalue weighted by Gasteiger charge is 2.13. The first-order chi connectivity index (χ1) is 10.8. The van der Waals surface area contributed by atoms with Crippen molar-refractivity contribution in [1.29, 1.82) is 0 Å². The average Bonchev–Trinajstić information content (AvgIpc) is 3.12. The first kappa shape index (κ1) is 15.6. The Morgan fingerprint density at radius 3 is 1.73 bits per heavy atom. The maximum Gasteiger partial charge on any atom is 0.233 e. The Bertz CT molecular complexity index is 636. The van der Waals surface area contributed by atoms with Crippen molar-refractivity contribution in [3.05, 3.63) is 98.5 Å². The molecule has 108 valence electrons. The molecule has 0 amide bonds. The zero-order valence-corrected chi connectivity index (χ0v) is 12.5. The molecule has 0 aliphatic carbocycles. The second-order valence-electron chi connectivity index (χ2n) is 4.73. The van der Waals surface area contributed by atoms with E-state index in [1.807, 2.05) is 24.3 Å². The summed E-state index contributed by atoms with van der Waals surface area (Å²) in [7, 11) is 0. The molecule has 2 aromatic carbocycles. The van der Waals surface area contributed by atoms with Crippen LogP contribution in [0.3, 0.4) is 0 Å². The van der Waals surface area contributed by atoms with Crippen molar-refractivity contribution in [2.45, 2.75) is 0 Å². The molecule has 3 aromatic rings. The lowest BCUT2D eigenvalue weighted by atomic mass is 9.41. The summed E-state index contributed by atoms with van der Waals surface area (Å²) in [6.07, 6.45) is 6.91.